The molecule has 0 aromatic heterocycles. The molecule has 0 N–H and O–H groups in total. The molecule has 0 aromatic carbocycles. The van der Waals surface area contributed by atoms with Crippen molar-refractivity contribution in [2.45, 2.75) is 91.0 Å². The Morgan fingerprint density at radius 2 is 1.64 bits per heavy atom. The van der Waals surface area contributed by atoms with Crippen LogP contribution in [0.4, 0.5) is 0 Å². The van der Waals surface area contributed by atoms with Gasteiger partial charge in [0.25, 0.3) is 0 Å². The van der Waals surface area contributed by atoms with Gasteiger partial charge in [0.2, 0.25) is 0 Å². The lowest BCUT2D eigenvalue weighted by Crippen LogP contribution is -2.36. The summed E-state index contributed by atoms with van der Waals surface area (Å²) in [7, 11) is 0. The second-order valence-electron chi connectivity index (χ2n) is 9.69. The number of esters is 3. The Hall–Kier alpha value is -1.59. The van der Waals surface area contributed by atoms with Gasteiger partial charge in [-0.2, -0.15) is 0 Å². The monoisotopic (exact) mass is 394 g/mol. The van der Waals surface area contributed by atoms with E-state index < -0.39 is 0 Å². The Morgan fingerprint density at radius 1 is 1.04 bits per heavy atom. The van der Waals surface area contributed by atoms with E-state index in [1.54, 1.807) is 0 Å². The van der Waals surface area contributed by atoms with E-state index in [0.717, 1.165) is 25.7 Å². The molecule has 4 rings (SSSR count). The SMILES string of the molecule is CC(C)C(=O)OC1(C)CCCC1.CC(C)C(=O)OC1C2CC3C(=O)OC1C3C2. The minimum atomic E-state index is -0.183. The first kappa shape index (κ1) is 21.1. The predicted molar refractivity (Wildman–Crippen MR) is 102 cm³/mol. The summed E-state index contributed by atoms with van der Waals surface area (Å²) in [5.41, 5.74) is -0.151. The Kier molecular flexibility index (Phi) is 6.06. The Balaban J connectivity index is 0.000000169. The van der Waals surface area contributed by atoms with E-state index in [2.05, 4.69) is 0 Å². The zero-order valence-corrected chi connectivity index (χ0v) is 17.7. The van der Waals surface area contributed by atoms with E-state index >= 15 is 0 Å². The number of carbonyl (C=O) groups excluding carboxylic acids is 3. The van der Waals surface area contributed by atoms with Gasteiger partial charge in [0.1, 0.15) is 17.8 Å². The summed E-state index contributed by atoms with van der Waals surface area (Å²) in [6, 6.07) is 0. The first-order chi connectivity index (χ1) is 13.1. The van der Waals surface area contributed by atoms with Crippen LogP contribution in [0.15, 0.2) is 0 Å². The number of fused-ring (bicyclic) bond motifs is 1. The molecule has 3 saturated carbocycles. The smallest absolute Gasteiger partial charge is 0.309 e. The minimum Gasteiger partial charge on any atom is -0.459 e. The molecular formula is C22H34O6. The largest absolute Gasteiger partial charge is 0.459 e. The molecule has 5 atom stereocenters. The van der Waals surface area contributed by atoms with E-state index in [1.807, 2.05) is 34.6 Å². The number of rotatable bonds is 4. The lowest BCUT2D eigenvalue weighted by atomic mass is 9.88. The highest BCUT2D eigenvalue weighted by Gasteiger charge is 2.63. The van der Waals surface area contributed by atoms with Crippen molar-refractivity contribution in [2.24, 2.45) is 29.6 Å². The molecule has 0 aromatic rings. The van der Waals surface area contributed by atoms with Crippen LogP contribution in [0, 0.1) is 29.6 Å². The highest BCUT2D eigenvalue weighted by atomic mass is 16.6. The number of hydrogen-bond acceptors (Lipinski definition) is 6. The zero-order chi connectivity index (χ0) is 20.6. The lowest BCUT2D eigenvalue weighted by molar-refractivity contribution is -0.164. The maximum atomic E-state index is 11.6. The van der Waals surface area contributed by atoms with Crippen molar-refractivity contribution in [3.05, 3.63) is 0 Å². The van der Waals surface area contributed by atoms with E-state index in [0.29, 0.717) is 11.8 Å². The molecule has 0 amide bonds. The second kappa shape index (κ2) is 8.03. The maximum Gasteiger partial charge on any atom is 0.309 e. The molecule has 4 aliphatic rings. The third-order valence-electron chi connectivity index (χ3n) is 6.62. The van der Waals surface area contributed by atoms with Crippen molar-refractivity contribution in [3.8, 4) is 0 Å². The molecule has 0 spiro atoms. The van der Waals surface area contributed by atoms with Crippen molar-refractivity contribution in [3.63, 3.8) is 0 Å². The number of hydrogen-bond donors (Lipinski definition) is 0. The van der Waals surface area contributed by atoms with Crippen LogP contribution in [-0.4, -0.2) is 35.7 Å². The molecule has 0 radical (unpaired) electrons. The van der Waals surface area contributed by atoms with Gasteiger partial charge in [-0.1, -0.05) is 27.7 Å². The van der Waals surface area contributed by atoms with Crippen LogP contribution in [0.2, 0.25) is 0 Å². The van der Waals surface area contributed by atoms with Gasteiger partial charge in [-0.25, -0.2) is 0 Å². The fraction of sp³-hybridized carbons (Fsp3) is 0.864. The zero-order valence-electron chi connectivity index (χ0n) is 17.7. The van der Waals surface area contributed by atoms with Gasteiger partial charge >= 0.3 is 17.9 Å². The molecule has 1 saturated heterocycles. The van der Waals surface area contributed by atoms with Crippen LogP contribution in [0.3, 0.4) is 0 Å². The average molecular weight is 395 g/mol. The van der Waals surface area contributed by atoms with Gasteiger partial charge in [0.05, 0.1) is 17.8 Å². The number of ether oxygens (including phenoxy) is 3. The van der Waals surface area contributed by atoms with Crippen molar-refractivity contribution < 1.29 is 28.6 Å². The lowest BCUT2D eigenvalue weighted by Gasteiger charge is -2.25. The normalized spacial score (nSPS) is 34.2. The molecule has 2 bridgehead atoms. The molecule has 1 heterocycles. The first-order valence-corrected chi connectivity index (χ1v) is 10.7. The fourth-order valence-electron chi connectivity index (χ4n) is 4.92. The molecule has 28 heavy (non-hydrogen) atoms. The van der Waals surface area contributed by atoms with Gasteiger partial charge < -0.3 is 14.2 Å². The van der Waals surface area contributed by atoms with Gasteiger partial charge in [-0.3, -0.25) is 14.4 Å². The standard InChI is InChI=1S/C12H16O4.C10H18O2/c1-5(2)11(13)15-9-6-3-7-8(4-6)12(14)16-10(7)9;1-8(2)9(11)12-10(3)6-4-5-7-10/h5-10H,3-4H2,1-2H3;8H,4-7H2,1-3H3. The number of carbonyl (C=O) groups is 3. The van der Waals surface area contributed by atoms with Crippen molar-refractivity contribution >= 4 is 17.9 Å². The quantitative estimate of drug-likeness (QED) is 0.535. The molecule has 1 aliphatic heterocycles. The van der Waals surface area contributed by atoms with E-state index in [9.17, 15) is 14.4 Å². The van der Waals surface area contributed by atoms with Crippen LogP contribution in [-0.2, 0) is 28.6 Å². The fourth-order valence-corrected chi connectivity index (χ4v) is 4.92. The van der Waals surface area contributed by atoms with Crippen LogP contribution in [0.5, 0.6) is 0 Å². The van der Waals surface area contributed by atoms with E-state index in [-0.39, 0.29) is 53.5 Å². The first-order valence-electron chi connectivity index (χ1n) is 10.7. The maximum absolute atomic E-state index is 11.6. The summed E-state index contributed by atoms with van der Waals surface area (Å²) in [6.45, 7) is 9.43. The molecule has 6 nitrogen and oxygen atoms in total. The molecular weight excluding hydrogens is 360 g/mol. The third-order valence-corrected chi connectivity index (χ3v) is 6.62. The average Bonchev–Trinajstić information content (AvgIpc) is 3.34. The summed E-state index contributed by atoms with van der Waals surface area (Å²) >= 11 is 0. The summed E-state index contributed by atoms with van der Waals surface area (Å²) in [5.74, 6) is 0.298. The van der Waals surface area contributed by atoms with Crippen LogP contribution in [0.25, 0.3) is 0 Å². The Labute approximate surface area is 167 Å². The van der Waals surface area contributed by atoms with Gasteiger partial charge in [-0.15, -0.1) is 0 Å². The van der Waals surface area contributed by atoms with Gasteiger partial charge in [0.15, 0.2) is 0 Å². The van der Waals surface area contributed by atoms with Gasteiger partial charge in [0, 0.05) is 11.8 Å². The highest BCUT2D eigenvalue weighted by molar-refractivity contribution is 5.77. The Morgan fingerprint density at radius 3 is 2.21 bits per heavy atom. The molecule has 3 aliphatic carbocycles. The third kappa shape index (κ3) is 4.20. The Bertz CT molecular complexity index is 619. The molecule has 5 unspecified atom stereocenters. The van der Waals surface area contributed by atoms with Crippen molar-refractivity contribution in [1.29, 1.82) is 0 Å². The molecule has 158 valence electrons. The predicted octanol–water partition coefficient (Wildman–Crippen LogP) is 3.65. The summed E-state index contributed by atoms with van der Waals surface area (Å²) in [6.07, 6.45) is 5.95. The van der Waals surface area contributed by atoms with Gasteiger partial charge in [-0.05, 0) is 45.4 Å². The van der Waals surface area contributed by atoms with Crippen LogP contribution >= 0.6 is 0 Å². The summed E-state index contributed by atoms with van der Waals surface area (Å²) in [5, 5.41) is 0. The van der Waals surface area contributed by atoms with E-state index in [4.69, 9.17) is 14.2 Å². The van der Waals surface area contributed by atoms with Crippen LogP contribution in [0.1, 0.15) is 73.1 Å². The van der Waals surface area contributed by atoms with Crippen molar-refractivity contribution in [2.75, 3.05) is 0 Å². The van der Waals surface area contributed by atoms with Crippen molar-refractivity contribution in [1.82, 2.24) is 0 Å². The topological polar surface area (TPSA) is 78.9 Å². The molecule has 4 fully saturated rings. The van der Waals surface area contributed by atoms with Crippen LogP contribution < -0.4 is 0 Å². The summed E-state index contributed by atoms with van der Waals surface area (Å²) < 4.78 is 16.2. The van der Waals surface area contributed by atoms with E-state index in [1.165, 1.54) is 12.8 Å². The summed E-state index contributed by atoms with van der Waals surface area (Å²) in [4.78, 5) is 34.3. The second-order valence-corrected chi connectivity index (χ2v) is 9.69. The highest BCUT2D eigenvalue weighted by Crippen LogP contribution is 2.55. The molecule has 6 heteroatoms. The minimum absolute atomic E-state index is 0.00225.